The number of hydrogen-bond acceptors (Lipinski definition) is 8. The summed E-state index contributed by atoms with van der Waals surface area (Å²) in [4.78, 5) is 32.2. The number of methoxy groups -OCH3 is 2. The van der Waals surface area contributed by atoms with Crippen molar-refractivity contribution in [2.75, 3.05) is 20.8 Å². The van der Waals surface area contributed by atoms with Crippen molar-refractivity contribution in [1.82, 2.24) is 4.57 Å². The molecule has 1 aliphatic heterocycles. The van der Waals surface area contributed by atoms with E-state index in [0.717, 1.165) is 5.56 Å². The molecule has 4 rings (SSSR count). The lowest BCUT2D eigenvalue weighted by Crippen LogP contribution is -2.40. The van der Waals surface area contributed by atoms with E-state index in [2.05, 4.69) is 4.99 Å². The number of fused-ring (bicyclic) bond motifs is 1. The number of aromatic nitrogens is 1. The number of carbonyl (C=O) groups is 1. The van der Waals surface area contributed by atoms with Gasteiger partial charge in [-0.3, -0.25) is 9.36 Å². The zero-order valence-corrected chi connectivity index (χ0v) is 22.5. The fourth-order valence-corrected chi connectivity index (χ4v) is 5.29. The van der Waals surface area contributed by atoms with Crippen molar-refractivity contribution in [3.8, 4) is 17.2 Å². The molecule has 0 aliphatic carbocycles. The van der Waals surface area contributed by atoms with Crippen molar-refractivity contribution in [1.29, 1.82) is 0 Å². The summed E-state index contributed by atoms with van der Waals surface area (Å²) < 4.78 is 24.1. The second-order valence-electron chi connectivity index (χ2n) is 8.62. The molecule has 194 valence electrons. The number of ether oxygens (including phenoxy) is 4. The number of hydrogen-bond donors (Lipinski definition) is 0. The van der Waals surface area contributed by atoms with Crippen LogP contribution < -0.4 is 29.1 Å². The summed E-state index contributed by atoms with van der Waals surface area (Å²) in [6.07, 6.45) is 1.44. The normalized spacial score (nSPS) is 15.3. The molecule has 0 unspecified atom stereocenters. The van der Waals surface area contributed by atoms with Crippen LogP contribution in [-0.2, 0) is 9.53 Å². The van der Waals surface area contributed by atoms with E-state index in [-0.39, 0.29) is 11.7 Å². The van der Waals surface area contributed by atoms with Gasteiger partial charge < -0.3 is 18.9 Å². The average molecular weight is 523 g/mol. The Kier molecular flexibility index (Phi) is 7.83. The fourth-order valence-electron chi connectivity index (χ4n) is 4.26. The molecule has 0 bridgehead atoms. The summed E-state index contributed by atoms with van der Waals surface area (Å²) in [5, 5.41) is 0. The van der Waals surface area contributed by atoms with Crippen molar-refractivity contribution in [2.24, 2.45) is 4.99 Å². The molecule has 2 aromatic carbocycles. The van der Waals surface area contributed by atoms with Gasteiger partial charge in [0.25, 0.3) is 5.56 Å². The van der Waals surface area contributed by atoms with E-state index in [1.54, 1.807) is 51.7 Å². The minimum atomic E-state index is -0.701. The van der Waals surface area contributed by atoms with Crippen LogP contribution in [0.2, 0.25) is 0 Å². The van der Waals surface area contributed by atoms with Gasteiger partial charge in [-0.1, -0.05) is 35.6 Å². The van der Waals surface area contributed by atoms with E-state index in [1.165, 1.54) is 11.3 Å². The van der Waals surface area contributed by atoms with Gasteiger partial charge in [0, 0.05) is 5.56 Å². The maximum absolute atomic E-state index is 13.8. The van der Waals surface area contributed by atoms with E-state index in [4.69, 9.17) is 18.9 Å². The maximum Gasteiger partial charge on any atom is 0.338 e. The summed E-state index contributed by atoms with van der Waals surface area (Å²) in [7, 11) is 3.12. The van der Waals surface area contributed by atoms with Crippen LogP contribution in [0.25, 0.3) is 6.08 Å². The first-order valence-corrected chi connectivity index (χ1v) is 12.8. The van der Waals surface area contributed by atoms with Gasteiger partial charge >= 0.3 is 5.97 Å². The lowest BCUT2D eigenvalue weighted by molar-refractivity contribution is -0.143. The Morgan fingerprint density at radius 1 is 1.14 bits per heavy atom. The van der Waals surface area contributed by atoms with Crippen molar-refractivity contribution < 1.29 is 23.7 Å². The van der Waals surface area contributed by atoms with Crippen LogP contribution >= 0.6 is 11.3 Å². The second kappa shape index (κ2) is 11.0. The molecular formula is C28H30N2O6S. The quantitative estimate of drug-likeness (QED) is 0.420. The molecule has 1 aromatic heterocycles. The Morgan fingerprint density at radius 2 is 1.86 bits per heavy atom. The predicted molar refractivity (Wildman–Crippen MR) is 142 cm³/mol. The predicted octanol–water partition coefficient (Wildman–Crippen LogP) is 3.60. The molecule has 0 fully saturated rings. The van der Waals surface area contributed by atoms with E-state index in [1.807, 2.05) is 43.3 Å². The van der Waals surface area contributed by atoms with Crippen molar-refractivity contribution in [3.05, 3.63) is 84.5 Å². The van der Waals surface area contributed by atoms with Gasteiger partial charge in [-0.2, -0.15) is 0 Å². The summed E-state index contributed by atoms with van der Waals surface area (Å²) in [5.74, 6) is 1.29. The molecule has 1 aliphatic rings. The third-order valence-electron chi connectivity index (χ3n) is 5.81. The van der Waals surface area contributed by atoms with Crippen molar-refractivity contribution in [3.63, 3.8) is 0 Å². The highest BCUT2D eigenvalue weighted by atomic mass is 32.1. The molecule has 37 heavy (non-hydrogen) atoms. The number of thiazole rings is 1. The molecule has 1 atom stereocenters. The van der Waals surface area contributed by atoms with Crippen LogP contribution in [-0.4, -0.2) is 37.5 Å². The number of esters is 1. The maximum atomic E-state index is 13.8. The molecule has 0 saturated heterocycles. The van der Waals surface area contributed by atoms with E-state index in [9.17, 15) is 9.59 Å². The number of carbonyl (C=O) groups excluding carboxylic acids is 1. The van der Waals surface area contributed by atoms with Crippen LogP contribution in [0.1, 0.15) is 44.9 Å². The first-order valence-electron chi connectivity index (χ1n) is 12.0. The number of para-hydroxylation sites is 1. The van der Waals surface area contributed by atoms with Crippen LogP contribution in [0.3, 0.4) is 0 Å². The summed E-state index contributed by atoms with van der Waals surface area (Å²) in [6.45, 7) is 7.79. The molecule has 0 N–H and O–H groups in total. The van der Waals surface area contributed by atoms with Gasteiger partial charge in [0.15, 0.2) is 16.3 Å². The van der Waals surface area contributed by atoms with Gasteiger partial charge in [0.2, 0.25) is 0 Å². The van der Waals surface area contributed by atoms with E-state index < -0.39 is 12.0 Å². The highest BCUT2D eigenvalue weighted by Gasteiger charge is 2.33. The van der Waals surface area contributed by atoms with Gasteiger partial charge in [-0.25, -0.2) is 9.79 Å². The van der Waals surface area contributed by atoms with Gasteiger partial charge in [0.1, 0.15) is 5.75 Å². The minimum Gasteiger partial charge on any atom is -0.494 e. The number of nitrogens with zero attached hydrogens (tertiary/aromatic N) is 2. The first kappa shape index (κ1) is 26.2. The summed E-state index contributed by atoms with van der Waals surface area (Å²) >= 11 is 1.25. The average Bonchev–Trinajstić information content (AvgIpc) is 3.17. The Bertz CT molecular complexity index is 1520. The first-order chi connectivity index (χ1) is 17.8. The SMILES string of the molecule is CCOc1ccc([C@@H]2C(C(=O)OC(C)C)=C(C)N=c3s/c(=C/c4cccc(OC)c4OC)c(=O)n32)cc1. The lowest BCUT2D eigenvalue weighted by atomic mass is 9.96. The lowest BCUT2D eigenvalue weighted by Gasteiger charge is -2.25. The summed E-state index contributed by atoms with van der Waals surface area (Å²) in [6, 6.07) is 12.1. The highest BCUT2D eigenvalue weighted by Crippen LogP contribution is 2.33. The van der Waals surface area contributed by atoms with E-state index in [0.29, 0.717) is 50.0 Å². The largest absolute Gasteiger partial charge is 0.494 e. The van der Waals surface area contributed by atoms with Gasteiger partial charge in [-0.05, 0) is 57.5 Å². The fraction of sp³-hybridized carbons (Fsp3) is 0.321. The summed E-state index contributed by atoms with van der Waals surface area (Å²) in [5.41, 5.74) is 2.02. The van der Waals surface area contributed by atoms with Gasteiger partial charge in [0.05, 0.1) is 48.8 Å². The standard InChI is InChI=1S/C28H30N2O6S/c1-7-35-20-13-11-18(12-14-20)24-23(27(32)36-16(2)3)17(4)29-28-30(24)26(31)22(37-28)15-19-9-8-10-21(33-5)25(19)34-6/h8-16,24H,7H2,1-6H3/b22-15+/t24-/m1/s1. The Hall–Kier alpha value is -3.85. The molecule has 0 spiro atoms. The molecule has 0 radical (unpaired) electrons. The van der Waals surface area contributed by atoms with Gasteiger partial charge in [-0.15, -0.1) is 0 Å². The monoisotopic (exact) mass is 522 g/mol. The molecule has 3 aromatic rings. The topological polar surface area (TPSA) is 88.4 Å². The van der Waals surface area contributed by atoms with Crippen LogP contribution in [0.4, 0.5) is 0 Å². The molecular weight excluding hydrogens is 492 g/mol. The van der Waals surface area contributed by atoms with E-state index >= 15 is 0 Å². The smallest absolute Gasteiger partial charge is 0.338 e. The highest BCUT2D eigenvalue weighted by molar-refractivity contribution is 7.07. The molecule has 2 heterocycles. The van der Waals surface area contributed by atoms with Crippen molar-refractivity contribution >= 4 is 23.4 Å². The zero-order chi connectivity index (χ0) is 26.7. The third-order valence-corrected chi connectivity index (χ3v) is 6.79. The zero-order valence-electron chi connectivity index (χ0n) is 21.7. The van der Waals surface area contributed by atoms with Crippen LogP contribution in [0.15, 0.2) is 63.5 Å². The molecule has 0 saturated carbocycles. The van der Waals surface area contributed by atoms with Crippen LogP contribution in [0, 0.1) is 0 Å². The van der Waals surface area contributed by atoms with Crippen LogP contribution in [0.5, 0.6) is 17.2 Å². The Balaban J connectivity index is 1.93. The molecule has 9 heteroatoms. The van der Waals surface area contributed by atoms with Crippen molar-refractivity contribution in [2.45, 2.75) is 39.8 Å². The minimum absolute atomic E-state index is 0.269. The number of benzene rings is 2. The Morgan fingerprint density at radius 3 is 2.49 bits per heavy atom. The third kappa shape index (κ3) is 5.17. The molecule has 8 nitrogen and oxygen atoms in total. The molecule has 0 amide bonds. The number of allylic oxidation sites excluding steroid dienone is 1. The second-order valence-corrected chi connectivity index (χ2v) is 9.63. The number of rotatable bonds is 8. The Labute approximate surface area is 219 Å².